The van der Waals surface area contributed by atoms with Crippen LogP contribution < -0.4 is 0 Å². The molecule has 0 aromatic carbocycles. The Morgan fingerprint density at radius 2 is 0.568 bits per heavy atom. The highest BCUT2D eigenvalue weighted by Crippen LogP contribution is 2.45. The van der Waals surface area contributed by atoms with E-state index in [0.29, 0.717) is 31.6 Å². The third kappa shape index (κ3) is 69.8. The zero-order valence-electron chi connectivity index (χ0n) is 61.3. The Labute approximate surface area is 580 Å². The van der Waals surface area contributed by atoms with Crippen molar-refractivity contribution >= 4 is 39.5 Å². The maximum Gasteiger partial charge on any atom is 0.472 e. The maximum atomic E-state index is 13.1. The predicted molar refractivity (Wildman–Crippen MR) is 386 cm³/mol. The van der Waals surface area contributed by atoms with Gasteiger partial charge >= 0.3 is 39.5 Å². The third-order valence-corrected chi connectivity index (χ3v) is 19.1. The van der Waals surface area contributed by atoms with Gasteiger partial charge < -0.3 is 33.8 Å². The molecular weight excluding hydrogens is 1250 g/mol. The molecule has 0 amide bonds. The zero-order chi connectivity index (χ0) is 69.8. The number of phosphoric ester groups is 2. The number of aliphatic hydroxyl groups is 1. The molecule has 0 spiro atoms. The Morgan fingerprint density at radius 3 is 0.863 bits per heavy atom. The smallest absolute Gasteiger partial charge is 0.462 e. The number of carbonyl (C=O) groups excluding carboxylic acids is 4. The van der Waals surface area contributed by atoms with E-state index >= 15 is 0 Å². The second-order valence-electron chi connectivity index (χ2n) is 27.2. The van der Waals surface area contributed by atoms with Crippen LogP contribution in [0.2, 0.25) is 0 Å². The van der Waals surface area contributed by atoms with Gasteiger partial charge in [-0.15, -0.1) is 0 Å². The average Bonchev–Trinajstić information content (AvgIpc) is 2.34. The molecule has 17 nitrogen and oxygen atoms in total. The van der Waals surface area contributed by atoms with Crippen LogP contribution in [0, 0.1) is 5.92 Å². The number of rotatable bonds is 74. The van der Waals surface area contributed by atoms with Gasteiger partial charge in [0.15, 0.2) is 12.2 Å². The number of carbonyl (C=O) groups is 4. The van der Waals surface area contributed by atoms with Crippen molar-refractivity contribution in [3.8, 4) is 0 Å². The van der Waals surface area contributed by atoms with Crippen LogP contribution in [-0.4, -0.2) is 96.7 Å². The molecule has 0 saturated heterocycles. The number of allylic oxidation sites excluding steroid dienone is 4. The van der Waals surface area contributed by atoms with Crippen molar-refractivity contribution < 1.29 is 80.2 Å². The Kier molecular flexibility index (Phi) is 66.9. The SMILES string of the molecule is CCCCCC/C=C\C=C/CCCCCCCC(=O)O[C@H](COC(=O)CCCCCCCCCCCCCCCCC)COP(=O)(O)OC[C@@H](O)COP(=O)(O)OC[C@@H](COC(=O)CCCCCCCCCC(C)C)OC(=O)CCCCCCCCCCCCCCCCC. The molecular formula is C76H144O17P2. The van der Waals surface area contributed by atoms with Crippen LogP contribution in [0.3, 0.4) is 0 Å². The summed E-state index contributed by atoms with van der Waals surface area (Å²) in [6.07, 6.45) is 60.4. The second-order valence-corrected chi connectivity index (χ2v) is 30.1. The third-order valence-electron chi connectivity index (χ3n) is 17.2. The quantitative estimate of drug-likeness (QED) is 0.0169. The summed E-state index contributed by atoms with van der Waals surface area (Å²) in [5, 5.41) is 10.6. The first-order valence-corrected chi connectivity index (χ1v) is 41.9. The van der Waals surface area contributed by atoms with Gasteiger partial charge in [0.1, 0.15) is 19.3 Å². The fourth-order valence-corrected chi connectivity index (χ4v) is 12.7. The van der Waals surface area contributed by atoms with E-state index in [-0.39, 0.29) is 25.7 Å². The van der Waals surface area contributed by atoms with Gasteiger partial charge in [-0.05, 0) is 57.3 Å². The van der Waals surface area contributed by atoms with Crippen LogP contribution >= 0.6 is 15.6 Å². The highest BCUT2D eigenvalue weighted by molar-refractivity contribution is 7.47. The molecule has 0 aromatic heterocycles. The largest absolute Gasteiger partial charge is 0.472 e. The average molecular weight is 1390 g/mol. The van der Waals surface area contributed by atoms with E-state index < -0.39 is 97.5 Å². The van der Waals surface area contributed by atoms with Crippen molar-refractivity contribution in [1.29, 1.82) is 0 Å². The van der Waals surface area contributed by atoms with Gasteiger partial charge in [-0.25, -0.2) is 9.13 Å². The van der Waals surface area contributed by atoms with Gasteiger partial charge in [0.25, 0.3) is 0 Å². The highest BCUT2D eigenvalue weighted by Gasteiger charge is 2.30. The van der Waals surface area contributed by atoms with E-state index in [4.69, 9.17) is 37.0 Å². The monoisotopic (exact) mass is 1390 g/mol. The summed E-state index contributed by atoms with van der Waals surface area (Å²) in [5.74, 6) is -1.44. The topological polar surface area (TPSA) is 237 Å². The lowest BCUT2D eigenvalue weighted by Crippen LogP contribution is -2.30. The van der Waals surface area contributed by atoms with Crippen LogP contribution in [0.25, 0.3) is 0 Å². The van der Waals surface area contributed by atoms with Crippen LogP contribution in [0.1, 0.15) is 375 Å². The van der Waals surface area contributed by atoms with Gasteiger partial charge in [0, 0.05) is 25.7 Å². The minimum absolute atomic E-state index is 0.0857. The molecule has 0 bridgehead atoms. The minimum atomic E-state index is -4.96. The molecule has 0 rings (SSSR count). The van der Waals surface area contributed by atoms with Crippen molar-refractivity contribution in [2.24, 2.45) is 5.92 Å². The molecule has 0 aromatic rings. The van der Waals surface area contributed by atoms with Crippen LogP contribution in [0.4, 0.5) is 0 Å². The first kappa shape index (κ1) is 92.5. The molecule has 3 N–H and O–H groups in total. The van der Waals surface area contributed by atoms with E-state index in [1.165, 1.54) is 180 Å². The summed E-state index contributed by atoms with van der Waals surface area (Å²) in [6, 6.07) is 0. The Morgan fingerprint density at radius 1 is 0.326 bits per heavy atom. The molecule has 0 aliphatic heterocycles. The number of aliphatic hydroxyl groups excluding tert-OH is 1. The summed E-state index contributed by atoms with van der Waals surface area (Å²) < 4.78 is 68.5. The molecule has 19 heteroatoms. The Balaban J connectivity index is 5.28. The van der Waals surface area contributed by atoms with Gasteiger partial charge in [0.05, 0.1) is 26.4 Å². The van der Waals surface area contributed by atoms with Gasteiger partial charge in [0.2, 0.25) is 0 Å². The van der Waals surface area contributed by atoms with Crippen LogP contribution in [0.15, 0.2) is 24.3 Å². The number of unbranched alkanes of at least 4 members (excludes halogenated alkanes) is 43. The van der Waals surface area contributed by atoms with E-state index in [9.17, 15) is 43.2 Å². The number of hydrogen-bond donors (Lipinski definition) is 3. The Bertz CT molecular complexity index is 1920. The van der Waals surface area contributed by atoms with Gasteiger partial charge in [-0.3, -0.25) is 37.3 Å². The molecule has 0 radical (unpaired) electrons. The van der Waals surface area contributed by atoms with Crippen molar-refractivity contribution in [3.63, 3.8) is 0 Å². The number of esters is 4. The van der Waals surface area contributed by atoms with Crippen LogP contribution in [-0.2, 0) is 65.4 Å². The number of phosphoric acid groups is 2. The summed E-state index contributed by atoms with van der Waals surface area (Å²) in [6.45, 7) is 7.18. The molecule has 560 valence electrons. The molecule has 95 heavy (non-hydrogen) atoms. The van der Waals surface area contributed by atoms with Crippen molar-refractivity contribution in [3.05, 3.63) is 24.3 Å². The first-order chi connectivity index (χ1) is 46.0. The van der Waals surface area contributed by atoms with Crippen molar-refractivity contribution in [1.82, 2.24) is 0 Å². The van der Waals surface area contributed by atoms with Crippen molar-refractivity contribution in [2.75, 3.05) is 39.6 Å². The molecule has 0 saturated carbocycles. The Hall–Kier alpha value is -2.46. The molecule has 0 heterocycles. The summed E-state index contributed by atoms with van der Waals surface area (Å²) >= 11 is 0. The highest BCUT2D eigenvalue weighted by atomic mass is 31.2. The lowest BCUT2D eigenvalue weighted by atomic mass is 10.0. The number of ether oxygens (including phenoxy) is 4. The summed E-state index contributed by atoms with van der Waals surface area (Å²) in [5.41, 5.74) is 0. The summed E-state index contributed by atoms with van der Waals surface area (Å²) in [4.78, 5) is 72.8. The lowest BCUT2D eigenvalue weighted by molar-refractivity contribution is -0.161. The minimum Gasteiger partial charge on any atom is -0.462 e. The fourth-order valence-electron chi connectivity index (χ4n) is 11.2. The van der Waals surface area contributed by atoms with E-state index in [0.717, 1.165) is 109 Å². The number of hydrogen-bond acceptors (Lipinski definition) is 15. The van der Waals surface area contributed by atoms with E-state index in [1.807, 2.05) is 0 Å². The standard InChI is InChI=1S/C76H144O17P2/c1-6-9-12-15-18-21-24-27-30-33-36-39-44-49-54-59-73(78)86-65-71(92-75(80)61-56-51-45-40-37-34-31-28-25-22-19-16-13-10-7-2)67-90-94(82,83)88-63-70(77)64-89-95(84,85)91-68-72(66-87-74(79)60-55-50-47-42-43-48-53-58-69(4)5)93-76(81)62-57-52-46-41-38-35-32-29-26-23-20-17-14-11-8-3/h22,25,28,31,69-72,77H,6-21,23-24,26-27,29-30,32-68H2,1-5H3,(H,82,83)(H,84,85)/b25-22-,31-28-/t70-,71-,72-/m1/s1. The summed E-state index contributed by atoms with van der Waals surface area (Å²) in [7, 11) is -9.92. The van der Waals surface area contributed by atoms with Gasteiger partial charge in [-0.2, -0.15) is 0 Å². The normalized spacial score (nSPS) is 14.1. The van der Waals surface area contributed by atoms with E-state index in [2.05, 4.69) is 58.9 Å². The predicted octanol–water partition coefficient (Wildman–Crippen LogP) is 22.0. The molecule has 5 atom stereocenters. The second kappa shape index (κ2) is 68.7. The molecule has 0 fully saturated rings. The maximum absolute atomic E-state index is 13.1. The molecule has 0 aliphatic carbocycles. The zero-order valence-corrected chi connectivity index (χ0v) is 63.1. The molecule has 2 unspecified atom stereocenters. The lowest BCUT2D eigenvalue weighted by Gasteiger charge is -2.21. The van der Waals surface area contributed by atoms with E-state index in [1.54, 1.807) is 0 Å². The van der Waals surface area contributed by atoms with Crippen LogP contribution in [0.5, 0.6) is 0 Å². The van der Waals surface area contributed by atoms with Gasteiger partial charge in [-0.1, -0.05) is 322 Å². The van der Waals surface area contributed by atoms with Crippen molar-refractivity contribution in [2.45, 2.75) is 393 Å². The first-order valence-electron chi connectivity index (χ1n) is 39.0. The molecule has 0 aliphatic rings. The fraction of sp³-hybridized carbons (Fsp3) is 0.895.